The van der Waals surface area contributed by atoms with E-state index in [0.717, 1.165) is 5.56 Å². The van der Waals surface area contributed by atoms with Gasteiger partial charge in [-0.15, -0.1) is 0 Å². The number of carbonyl (C=O) groups is 1. The molecule has 0 saturated carbocycles. The number of benzene rings is 1. The molecule has 0 bridgehead atoms. The van der Waals surface area contributed by atoms with Gasteiger partial charge < -0.3 is 10.4 Å². The van der Waals surface area contributed by atoms with Crippen LogP contribution < -0.4 is 5.32 Å². The highest BCUT2D eigenvalue weighted by atomic mass is 35.5. The van der Waals surface area contributed by atoms with Gasteiger partial charge in [-0.3, -0.25) is 4.79 Å². The molecule has 16 heavy (non-hydrogen) atoms. The van der Waals surface area contributed by atoms with Crippen LogP contribution in [0.5, 0.6) is 0 Å². The SMILES string of the molecule is O=C(O)CCCNCc1cc(Cl)cc(Cl)c1. The minimum absolute atomic E-state index is 0.184. The van der Waals surface area contributed by atoms with Crippen molar-refractivity contribution in [3.63, 3.8) is 0 Å². The maximum Gasteiger partial charge on any atom is 0.303 e. The van der Waals surface area contributed by atoms with E-state index in [1.807, 2.05) is 12.1 Å². The Balaban J connectivity index is 2.29. The van der Waals surface area contributed by atoms with Crippen molar-refractivity contribution in [2.75, 3.05) is 6.54 Å². The van der Waals surface area contributed by atoms with Crippen LogP contribution in [0.3, 0.4) is 0 Å². The van der Waals surface area contributed by atoms with Crippen molar-refractivity contribution >= 4 is 29.2 Å². The van der Waals surface area contributed by atoms with Crippen LogP contribution in [0.25, 0.3) is 0 Å². The molecule has 2 N–H and O–H groups in total. The van der Waals surface area contributed by atoms with Gasteiger partial charge in [0.2, 0.25) is 0 Å². The second-order valence-corrected chi connectivity index (χ2v) is 4.32. The fourth-order valence-electron chi connectivity index (χ4n) is 1.31. The van der Waals surface area contributed by atoms with Gasteiger partial charge in [0.1, 0.15) is 0 Å². The van der Waals surface area contributed by atoms with Gasteiger partial charge in [0, 0.05) is 23.0 Å². The number of rotatable bonds is 6. The Morgan fingerprint density at radius 2 is 1.88 bits per heavy atom. The van der Waals surface area contributed by atoms with Gasteiger partial charge in [-0.2, -0.15) is 0 Å². The van der Waals surface area contributed by atoms with Gasteiger partial charge in [0.05, 0.1) is 0 Å². The van der Waals surface area contributed by atoms with Gasteiger partial charge >= 0.3 is 5.97 Å². The van der Waals surface area contributed by atoms with Crippen molar-refractivity contribution < 1.29 is 9.90 Å². The van der Waals surface area contributed by atoms with Crippen LogP contribution in [0, 0.1) is 0 Å². The molecular weight excluding hydrogens is 249 g/mol. The van der Waals surface area contributed by atoms with Crippen LogP contribution in [0.1, 0.15) is 18.4 Å². The maximum absolute atomic E-state index is 10.3. The normalized spacial score (nSPS) is 10.4. The van der Waals surface area contributed by atoms with E-state index in [1.54, 1.807) is 6.07 Å². The highest BCUT2D eigenvalue weighted by Gasteiger charge is 1.99. The van der Waals surface area contributed by atoms with E-state index in [0.29, 0.717) is 29.6 Å². The smallest absolute Gasteiger partial charge is 0.303 e. The Morgan fingerprint density at radius 3 is 2.44 bits per heavy atom. The van der Waals surface area contributed by atoms with E-state index < -0.39 is 5.97 Å². The molecule has 0 amide bonds. The van der Waals surface area contributed by atoms with Crippen LogP contribution in [-0.2, 0) is 11.3 Å². The Kier molecular flexibility index (Phi) is 5.60. The molecule has 0 atom stereocenters. The Morgan fingerprint density at radius 1 is 1.25 bits per heavy atom. The molecule has 0 heterocycles. The largest absolute Gasteiger partial charge is 0.481 e. The molecule has 0 radical (unpaired) electrons. The number of carboxylic acids is 1. The Bertz CT molecular complexity index is 349. The van der Waals surface area contributed by atoms with Crippen LogP contribution in [-0.4, -0.2) is 17.6 Å². The number of carboxylic acid groups (broad SMARTS) is 1. The van der Waals surface area contributed by atoms with E-state index in [-0.39, 0.29) is 6.42 Å². The summed E-state index contributed by atoms with van der Waals surface area (Å²) in [7, 11) is 0. The number of hydrogen-bond donors (Lipinski definition) is 2. The lowest BCUT2D eigenvalue weighted by molar-refractivity contribution is -0.137. The lowest BCUT2D eigenvalue weighted by Crippen LogP contribution is -2.15. The zero-order valence-corrected chi connectivity index (χ0v) is 10.2. The third-order valence-corrected chi connectivity index (χ3v) is 2.43. The lowest BCUT2D eigenvalue weighted by Gasteiger charge is -2.05. The van der Waals surface area contributed by atoms with Crippen molar-refractivity contribution in [3.05, 3.63) is 33.8 Å². The monoisotopic (exact) mass is 261 g/mol. The number of halogens is 2. The van der Waals surface area contributed by atoms with E-state index in [9.17, 15) is 4.79 Å². The summed E-state index contributed by atoms with van der Waals surface area (Å²) < 4.78 is 0. The zero-order valence-electron chi connectivity index (χ0n) is 8.67. The van der Waals surface area contributed by atoms with Gasteiger partial charge in [0.25, 0.3) is 0 Å². The molecule has 1 rings (SSSR count). The van der Waals surface area contributed by atoms with Crippen LogP contribution in [0.4, 0.5) is 0 Å². The summed E-state index contributed by atoms with van der Waals surface area (Å²) in [5.74, 6) is -0.771. The third kappa shape index (κ3) is 5.35. The van der Waals surface area contributed by atoms with Gasteiger partial charge in [0.15, 0.2) is 0 Å². The average Bonchev–Trinajstić information content (AvgIpc) is 2.15. The van der Waals surface area contributed by atoms with Crippen molar-refractivity contribution in [2.24, 2.45) is 0 Å². The molecule has 0 aliphatic heterocycles. The minimum atomic E-state index is -0.771. The summed E-state index contributed by atoms with van der Waals surface area (Å²) in [6.45, 7) is 1.30. The third-order valence-electron chi connectivity index (χ3n) is 2.00. The molecule has 5 heteroatoms. The maximum atomic E-state index is 10.3. The molecule has 0 saturated heterocycles. The first-order chi connectivity index (χ1) is 7.58. The summed E-state index contributed by atoms with van der Waals surface area (Å²) in [6, 6.07) is 5.34. The fraction of sp³-hybridized carbons (Fsp3) is 0.364. The summed E-state index contributed by atoms with van der Waals surface area (Å²) in [5.41, 5.74) is 0.993. The van der Waals surface area contributed by atoms with E-state index in [1.165, 1.54) is 0 Å². The average molecular weight is 262 g/mol. The van der Waals surface area contributed by atoms with Crippen molar-refractivity contribution in [3.8, 4) is 0 Å². The predicted octanol–water partition coefficient (Wildman–Crippen LogP) is 2.95. The molecule has 0 unspecified atom stereocenters. The Labute approximate surface area is 104 Å². The first-order valence-electron chi connectivity index (χ1n) is 4.95. The fourth-order valence-corrected chi connectivity index (χ4v) is 1.88. The summed E-state index contributed by atoms with van der Waals surface area (Å²) in [5, 5.41) is 12.8. The summed E-state index contributed by atoms with van der Waals surface area (Å²) in [6.07, 6.45) is 0.799. The second-order valence-electron chi connectivity index (χ2n) is 3.45. The van der Waals surface area contributed by atoms with E-state index in [2.05, 4.69) is 5.32 Å². The molecule has 0 aromatic heterocycles. The molecule has 0 aliphatic rings. The van der Waals surface area contributed by atoms with Gasteiger partial charge in [-0.25, -0.2) is 0 Å². The standard InChI is InChI=1S/C11H13Cl2NO2/c12-9-4-8(5-10(13)6-9)7-14-3-1-2-11(15)16/h4-6,14H,1-3,7H2,(H,15,16). The number of hydrogen-bond acceptors (Lipinski definition) is 2. The van der Waals surface area contributed by atoms with Gasteiger partial charge in [-0.1, -0.05) is 23.2 Å². The zero-order chi connectivity index (χ0) is 12.0. The van der Waals surface area contributed by atoms with Crippen molar-refractivity contribution in [1.29, 1.82) is 0 Å². The van der Waals surface area contributed by atoms with Crippen LogP contribution in [0.2, 0.25) is 10.0 Å². The minimum Gasteiger partial charge on any atom is -0.481 e. The quantitative estimate of drug-likeness (QED) is 0.775. The van der Waals surface area contributed by atoms with E-state index in [4.69, 9.17) is 28.3 Å². The molecule has 1 aromatic carbocycles. The topological polar surface area (TPSA) is 49.3 Å². The van der Waals surface area contributed by atoms with Crippen molar-refractivity contribution in [1.82, 2.24) is 5.32 Å². The predicted molar refractivity (Wildman–Crippen MR) is 65.0 cm³/mol. The molecule has 1 aromatic rings. The molecule has 0 spiro atoms. The first kappa shape index (κ1) is 13.3. The highest BCUT2D eigenvalue weighted by molar-refractivity contribution is 6.34. The highest BCUT2D eigenvalue weighted by Crippen LogP contribution is 2.18. The lowest BCUT2D eigenvalue weighted by atomic mass is 10.2. The molecule has 88 valence electrons. The second kappa shape index (κ2) is 6.74. The molecule has 3 nitrogen and oxygen atoms in total. The number of aliphatic carboxylic acids is 1. The summed E-state index contributed by atoms with van der Waals surface area (Å²) >= 11 is 11.7. The van der Waals surface area contributed by atoms with Crippen LogP contribution >= 0.6 is 23.2 Å². The molecular formula is C11H13Cl2NO2. The molecule has 0 aliphatic carbocycles. The van der Waals surface area contributed by atoms with Gasteiger partial charge in [-0.05, 0) is 36.7 Å². The summed E-state index contributed by atoms with van der Waals surface area (Å²) in [4.78, 5) is 10.3. The molecule has 0 fully saturated rings. The van der Waals surface area contributed by atoms with Crippen molar-refractivity contribution in [2.45, 2.75) is 19.4 Å². The van der Waals surface area contributed by atoms with E-state index >= 15 is 0 Å². The van der Waals surface area contributed by atoms with Crippen LogP contribution in [0.15, 0.2) is 18.2 Å². The number of nitrogens with one attached hydrogen (secondary N) is 1. The Hall–Kier alpha value is -0.770. The first-order valence-corrected chi connectivity index (χ1v) is 5.71.